The highest BCUT2D eigenvalue weighted by atomic mass is 127. The third-order valence-electron chi connectivity index (χ3n) is 4.38. The Bertz CT molecular complexity index is 503. The molecule has 0 radical (unpaired) electrons. The van der Waals surface area contributed by atoms with Gasteiger partial charge in [-0.1, -0.05) is 13.8 Å². The monoisotopic (exact) mass is 465 g/mol. The molecule has 5 nitrogen and oxygen atoms in total. The predicted molar refractivity (Wildman–Crippen MR) is 116 cm³/mol. The molecule has 1 aromatic heterocycles. The summed E-state index contributed by atoms with van der Waals surface area (Å²) < 4.78 is 2.21. The number of thioether (sulfide) groups is 1. The van der Waals surface area contributed by atoms with Crippen LogP contribution in [0.25, 0.3) is 0 Å². The van der Waals surface area contributed by atoms with Crippen molar-refractivity contribution in [3.05, 3.63) is 18.2 Å². The molecule has 0 amide bonds. The van der Waals surface area contributed by atoms with Crippen LogP contribution < -0.4 is 5.32 Å². The van der Waals surface area contributed by atoms with Crippen LogP contribution in [0.2, 0.25) is 0 Å². The fraction of sp³-hybridized carbons (Fsp3) is 0.765. The highest BCUT2D eigenvalue weighted by Crippen LogP contribution is 2.24. The number of nitrogens with zero attached hydrogens (tertiary/aromatic N) is 4. The molecular weight excluding hydrogens is 433 g/mol. The number of hydrogen-bond acceptors (Lipinski definition) is 3. The Balaban J connectivity index is 0.00000288. The van der Waals surface area contributed by atoms with Crippen molar-refractivity contribution in [3.63, 3.8) is 0 Å². The summed E-state index contributed by atoms with van der Waals surface area (Å²) in [5.41, 5.74) is 0. The summed E-state index contributed by atoms with van der Waals surface area (Å²) in [6, 6.07) is 0. The van der Waals surface area contributed by atoms with Crippen molar-refractivity contribution in [1.29, 1.82) is 0 Å². The molecule has 1 saturated heterocycles. The smallest absolute Gasteiger partial charge is 0.193 e. The van der Waals surface area contributed by atoms with Crippen molar-refractivity contribution in [2.45, 2.75) is 45.4 Å². The SMILES string of the molecule is CN=C(NCCCCn1ccnc1C)N1CCSC(C(C)C)C1.I. The zero-order valence-corrected chi connectivity index (χ0v) is 18.5. The molecule has 0 aliphatic carbocycles. The van der Waals surface area contributed by atoms with E-state index >= 15 is 0 Å². The molecule has 0 spiro atoms. The number of aryl methyl sites for hydroxylation is 2. The highest BCUT2D eigenvalue weighted by molar-refractivity contribution is 14.0. The van der Waals surface area contributed by atoms with Crippen LogP contribution >= 0.6 is 35.7 Å². The van der Waals surface area contributed by atoms with Crippen molar-refractivity contribution in [2.75, 3.05) is 32.4 Å². The van der Waals surface area contributed by atoms with E-state index in [9.17, 15) is 0 Å². The predicted octanol–water partition coefficient (Wildman–Crippen LogP) is 3.24. The number of rotatable bonds is 6. The molecule has 1 unspecified atom stereocenters. The fourth-order valence-corrected chi connectivity index (χ4v) is 4.15. The molecule has 0 aromatic carbocycles. The Hall–Kier alpha value is -0.440. The van der Waals surface area contributed by atoms with Gasteiger partial charge in [0.25, 0.3) is 0 Å². The number of hydrogen-bond donors (Lipinski definition) is 1. The zero-order chi connectivity index (χ0) is 16.7. The number of imidazole rings is 1. The first-order chi connectivity index (χ1) is 11.1. The van der Waals surface area contributed by atoms with Gasteiger partial charge in [-0.05, 0) is 25.7 Å². The van der Waals surface area contributed by atoms with Crippen molar-refractivity contribution in [3.8, 4) is 0 Å². The van der Waals surface area contributed by atoms with E-state index in [2.05, 4.69) is 63.5 Å². The Morgan fingerprint density at radius 1 is 1.46 bits per heavy atom. The average molecular weight is 465 g/mol. The third kappa shape index (κ3) is 6.46. The second-order valence-electron chi connectivity index (χ2n) is 6.45. The van der Waals surface area contributed by atoms with Gasteiger partial charge in [0.1, 0.15) is 5.82 Å². The van der Waals surface area contributed by atoms with E-state index in [1.165, 1.54) is 5.75 Å². The van der Waals surface area contributed by atoms with Crippen LogP contribution in [0.15, 0.2) is 17.4 Å². The number of halogens is 1. The third-order valence-corrected chi connectivity index (χ3v) is 5.92. The molecule has 7 heteroatoms. The first-order valence-corrected chi connectivity index (χ1v) is 9.71. The standard InChI is InChI=1S/C17H31N5S.HI/c1-14(2)16-13-22(11-12-23-16)17(18-4)20-7-5-6-9-21-10-8-19-15(21)3;/h8,10,14,16H,5-7,9,11-13H2,1-4H3,(H,18,20);1H. The van der Waals surface area contributed by atoms with E-state index in [4.69, 9.17) is 0 Å². The van der Waals surface area contributed by atoms with Crippen LogP contribution in [0, 0.1) is 12.8 Å². The van der Waals surface area contributed by atoms with E-state index < -0.39 is 0 Å². The molecule has 2 heterocycles. The van der Waals surface area contributed by atoms with Gasteiger partial charge in [0.15, 0.2) is 5.96 Å². The lowest BCUT2D eigenvalue weighted by molar-refractivity contribution is 0.380. The lowest BCUT2D eigenvalue weighted by Gasteiger charge is -2.36. The van der Waals surface area contributed by atoms with E-state index in [1.807, 2.05) is 13.2 Å². The first kappa shape index (κ1) is 21.6. The summed E-state index contributed by atoms with van der Waals surface area (Å²) in [5, 5.41) is 4.25. The molecular formula is C17H32IN5S. The van der Waals surface area contributed by atoms with Crippen LogP contribution in [-0.4, -0.2) is 58.1 Å². The zero-order valence-electron chi connectivity index (χ0n) is 15.4. The van der Waals surface area contributed by atoms with E-state index in [0.29, 0.717) is 5.25 Å². The summed E-state index contributed by atoms with van der Waals surface area (Å²) >= 11 is 2.10. The summed E-state index contributed by atoms with van der Waals surface area (Å²) in [6.45, 7) is 10.9. The lowest BCUT2D eigenvalue weighted by atomic mass is 10.1. The Morgan fingerprint density at radius 2 is 2.25 bits per heavy atom. The molecule has 1 aliphatic heterocycles. The number of aliphatic imine (C=N–C) groups is 1. The lowest BCUT2D eigenvalue weighted by Crippen LogP contribution is -2.49. The molecule has 0 bridgehead atoms. The molecule has 138 valence electrons. The van der Waals surface area contributed by atoms with Crippen LogP contribution in [0.3, 0.4) is 0 Å². The molecule has 0 saturated carbocycles. The van der Waals surface area contributed by atoms with Gasteiger partial charge in [-0.2, -0.15) is 11.8 Å². The number of guanidine groups is 1. The Labute approximate surface area is 168 Å². The Morgan fingerprint density at radius 3 is 2.88 bits per heavy atom. The van der Waals surface area contributed by atoms with Gasteiger partial charge in [0, 0.05) is 56.6 Å². The van der Waals surface area contributed by atoms with Crippen molar-refractivity contribution in [1.82, 2.24) is 19.8 Å². The topological polar surface area (TPSA) is 45.5 Å². The number of nitrogens with one attached hydrogen (secondary N) is 1. The van der Waals surface area contributed by atoms with Gasteiger partial charge in [-0.3, -0.25) is 4.99 Å². The van der Waals surface area contributed by atoms with E-state index in [1.54, 1.807) is 0 Å². The van der Waals surface area contributed by atoms with Gasteiger partial charge < -0.3 is 14.8 Å². The molecule has 1 atom stereocenters. The first-order valence-electron chi connectivity index (χ1n) is 8.66. The molecule has 1 aromatic rings. The summed E-state index contributed by atoms with van der Waals surface area (Å²) in [7, 11) is 1.89. The summed E-state index contributed by atoms with van der Waals surface area (Å²) in [5.74, 6) is 4.08. The van der Waals surface area contributed by atoms with Crippen LogP contribution in [0.5, 0.6) is 0 Å². The van der Waals surface area contributed by atoms with Crippen molar-refractivity contribution in [2.24, 2.45) is 10.9 Å². The molecule has 1 N–H and O–H groups in total. The summed E-state index contributed by atoms with van der Waals surface area (Å²) in [4.78, 5) is 11.2. The molecule has 1 fully saturated rings. The van der Waals surface area contributed by atoms with E-state index in [-0.39, 0.29) is 24.0 Å². The average Bonchev–Trinajstić information content (AvgIpc) is 2.96. The van der Waals surface area contributed by atoms with Gasteiger partial charge in [-0.15, -0.1) is 24.0 Å². The van der Waals surface area contributed by atoms with Crippen LogP contribution in [0.4, 0.5) is 0 Å². The van der Waals surface area contributed by atoms with Crippen molar-refractivity contribution >= 4 is 41.7 Å². The maximum Gasteiger partial charge on any atom is 0.193 e. The minimum Gasteiger partial charge on any atom is -0.356 e. The maximum absolute atomic E-state index is 4.47. The van der Waals surface area contributed by atoms with Crippen LogP contribution in [-0.2, 0) is 6.54 Å². The minimum atomic E-state index is 0. The second kappa shape index (κ2) is 11.2. The quantitative estimate of drug-likeness (QED) is 0.303. The van der Waals surface area contributed by atoms with Crippen LogP contribution in [0.1, 0.15) is 32.5 Å². The molecule has 2 rings (SSSR count). The normalized spacial score (nSPS) is 18.6. The fourth-order valence-electron chi connectivity index (χ4n) is 2.85. The largest absolute Gasteiger partial charge is 0.356 e. The molecule has 1 aliphatic rings. The van der Waals surface area contributed by atoms with Gasteiger partial charge in [0.2, 0.25) is 0 Å². The van der Waals surface area contributed by atoms with Gasteiger partial charge >= 0.3 is 0 Å². The Kier molecular flexibility index (Phi) is 10.1. The number of unbranched alkanes of at least 4 members (excludes halogenated alkanes) is 1. The maximum atomic E-state index is 4.47. The highest BCUT2D eigenvalue weighted by Gasteiger charge is 2.24. The molecule has 24 heavy (non-hydrogen) atoms. The summed E-state index contributed by atoms with van der Waals surface area (Å²) in [6.07, 6.45) is 6.23. The second-order valence-corrected chi connectivity index (χ2v) is 7.80. The number of aromatic nitrogens is 2. The van der Waals surface area contributed by atoms with Gasteiger partial charge in [-0.25, -0.2) is 4.98 Å². The minimum absolute atomic E-state index is 0. The van der Waals surface area contributed by atoms with Crippen molar-refractivity contribution < 1.29 is 0 Å². The van der Waals surface area contributed by atoms with Gasteiger partial charge in [0.05, 0.1) is 0 Å². The van der Waals surface area contributed by atoms with E-state index in [0.717, 1.165) is 56.7 Å².